The molecule has 1 aliphatic carbocycles. The average molecular weight is 295 g/mol. The number of nitrogens with zero attached hydrogens (tertiary/aromatic N) is 1. The minimum Gasteiger partial charge on any atom is -0.337 e. The number of hydrogen-bond donors (Lipinski definition) is 1. The summed E-state index contributed by atoms with van der Waals surface area (Å²) in [7, 11) is 0. The van der Waals surface area contributed by atoms with E-state index in [-0.39, 0.29) is 18.3 Å². The summed E-state index contributed by atoms with van der Waals surface area (Å²) in [6, 6.07) is 8.79. The lowest BCUT2D eigenvalue weighted by Crippen LogP contribution is -2.52. The molecule has 1 heterocycles. The van der Waals surface area contributed by atoms with Gasteiger partial charge >= 0.3 is 0 Å². The van der Waals surface area contributed by atoms with E-state index < -0.39 is 0 Å². The first kappa shape index (κ1) is 15.3. The molecule has 1 saturated carbocycles. The van der Waals surface area contributed by atoms with E-state index in [2.05, 4.69) is 48.3 Å². The molecule has 0 bridgehead atoms. The Bertz CT molecular complexity index is 491. The Balaban J connectivity index is 0.00000147. The summed E-state index contributed by atoms with van der Waals surface area (Å²) in [5, 5.41) is 3.34. The van der Waals surface area contributed by atoms with Gasteiger partial charge in [-0.25, -0.2) is 0 Å². The Morgan fingerprint density at radius 1 is 1.35 bits per heavy atom. The first-order valence-electron chi connectivity index (χ1n) is 7.25. The van der Waals surface area contributed by atoms with Crippen LogP contribution in [0.1, 0.15) is 30.4 Å². The molecule has 4 heteroatoms. The van der Waals surface area contributed by atoms with Crippen LogP contribution in [0.3, 0.4) is 0 Å². The number of benzene rings is 1. The quantitative estimate of drug-likeness (QED) is 0.908. The molecular formula is C16H23ClN2O. The number of piperazine rings is 1. The van der Waals surface area contributed by atoms with Crippen molar-refractivity contribution in [3.63, 3.8) is 0 Å². The van der Waals surface area contributed by atoms with Crippen molar-refractivity contribution in [1.82, 2.24) is 10.2 Å². The molecule has 1 aliphatic heterocycles. The summed E-state index contributed by atoms with van der Waals surface area (Å²) in [5.41, 5.74) is 2.68. The maximum Gasteiger partial charge on any atom is 0.226 e. The zero-order valence-corrected chi connectivity index (χ0v) is 13.0. The molecule has 1 amide bonds. The fourth-order valence-electron chi connectivity index (χ4n) is 3.20. The summed E-state index contributed by atoms with van der Waals surface area (Å²) in [6.07, 6.45) is 1.03. The van der Waals surface area contributed by atoms with Gasteiger partial charge in [0.1, 0.15) is 0 Å². The summed E-state index contributed by atoms with van der Waals surface area (Å²) in [4.78, 5) is 14.6. The van der Waals surface area contributed by atoms with E-state index in [1.807, 2.05) is 0 Å². The number of rotatable bonds is 2. The van der Waals surface area contributed by atoms with Crippen LogP contribution >= 0.6 is 12.4 Å². The minimum atomic E-state index is 0. The van der Waals surface area contributed by atoms with Crippen LogP contribution < -0.4 is 5.32 Å². The van der Waals surface area contributed by atoms with Crippen LogP contribution in [-0.2, 0) is 4.79 Å². The summed E-state index contributed by atoms with van der Waals surface area (Å²) in [6.45, 7) is 6.99. The molecule has 110 valence electrons. The Morgan fingerprint density at radius 2 is 2.10 bits per heavy atom. The molecule has 3 rings (SSSR count). The van der Waals surface area contributed by atoms with Crippen LogP contribution in [0, 0.1) is 12.8 Å². The second kappa shape index (κ2) is 6.15. The molecule has 2 fully saturated rings. The van der Waals surface area contributed by atoms with Crippen LogP contribution in [0.4, 0.5) is 0 Å². The first-order chi connectivity index (χ1) is 9.18. The molecule has 0 radical (unpaired) electrons. The molecule has 2 aliphatic rings. The number of carbonyl (C=O) groups excluding carboxylic acids is 1. The van der Waals surface area contributed by atoms with E-state index in [1.165, 1.54) is 11.1 Å². The lowest BCUT2D eigenvalue weighted by molar-refractivity contribution is -0.135. The van der Waals surface area contributed by atoms with Gasteiger partial charge in [-0.3, -0.25) is 4.79 Å². The summed E-state index contributed by atoms with van der Waals surface area (Å²) >= 11 is 0. The van der Waals surface area contributed by atoms with Crippen molar-refractivity contribution >= 4 is 18.3 Å². The Morgan fingerprint density at radius 3 is 2.80 bits per heavy atom. The fraction of sp³-hybridized carbons (Fsp3) is 0.562. The van der Waals surface area contributed by atoms with E-state index in [9.17, 15) is 4.79 Å². The van der Waals surface area contributed by atoms with Crippen molar-refractivity contribution in [2.45, 2.75) is 32.2 Å². The van der Waals surface area contributed by atoms with Gasteiger partial charge in [-0.2, -0.15) is 0 Å². The monoisotopic (exact) mass is 294 g/mol. The van der Waals surface area contributed by atoms with E-state index in [0.717, 1.165) is 26.1 Å². The number of aryl methyl sites for hydroxylation is 1. The minimum absolute atomic E-state index is 0. The van der Waals surface area contributed by atoms with E-state index in [0.29, 0.717) is 17.9 Å². The second-order valence-corrected chi connectivity index (χ2v) is 5.89. The zero-order valence-electron chi connectivity index (χ0n) is 12.1. The Hall–Kier alpha value is -1.06. The maximum absolute atomic E-state index is 12.6. The maximum atomic E-state index is 12.6. The SMILES string of the molecule is Cc1ccccc1C1CC1C(=O)N1CCNC[C@@H]1C.Cl. The molecular weight excluding hydrogens is 272 g/mol. The zero-order chi connectivity index (χ0) is 13.4. The molecule has 3 nitrogen and oxygen atoms in total. The largest absolute Gasteiger partial charge is 0.337 e. The Labute approximate surface area is 127 Å². The van der Waals surface area contributed by atoms with E-state index in [1.54, 1.807) is 0 Å². The van der Waals surface area contributed by atoms with Crippen molar-refractivity contribution < 1.29 is 4.79 Å². The van der Waals surface area contributed by atoms with Gasteiger partial charge in [0.2, 0.25) is 5.91 Å². The molecule has 1 aromatic rings. The van der Waals surface area contributed by atoms with Crippen molar-refractivity contribution in [3.05, 3.63) is 35.4 Å². The van der Waals surface area contributed by atoms with Crippen LogP contribution in [0.5, 0.6) is 0 Å². The fourth-order valence-corrected chi connectivity index (χ4v) is 3.20. The van der Waals surface area contributed by atoms with Gasteiger partial charge < -0.3 is 10.2 Å². The number of halogens is 1. The standard InChI is InChI=1S/C16H22N2O.ClH/c1-11-5-3-4-6-13(11)14-9-15(14)16(19)18-8-7-17-10-12(18)2;/h3-6,12,14-15,17H,7-10H2,1-2H3;1H/t12-,14?,15?;/m0./s1. The molecule has 20 heavy (non-hydrogen) atoms. The Kier molecular flexibility index (Phi) is 4.71. The second-order valence-electron chi connectivity index (χ2n) is 5.89. The van der Waals surface area contributed by atoms with Crippen LogP contribution in [0.15, 0.2) is 24.3 Å². The first-order valence-corrected chi connectivity index (χ1v) is 7.25. The van der Waals surface area contributed by atoms with Crippen molar-refractivity contribution in [2.75, 3.05) is 19.6 Å². The number of hydrogen-bond acceptors (Lipinski definition) is 2. The molecule has 2 unspecified atom stereocenters. The van der Waals surface area contributed by atoms with Crippen molar-refractivity contribution in [2.24, 2.45) is 5.92 Å². The molecule has 1 saturated heterocycles. The number of carbonyl (C=O) groups is 1. The van der Waals surface area contributed by atoms with E-state index >= 15 is 0 Å². The molecule has 0 spiro atoms. The molecule has 1 N–H and O–H groups in total. The number of nitrogens with one attached hydrogen (secondary N) is 1. The lowest BCUT2D eigenvalue weighted by Gasteiger charge is -2.34. The predicted octanol–water partition coefficient (Wildman–Crippen LogP) is 2.34. The van der Waals surface area contributed by atoms with Gasteiger partial charge in [0.05, 0.1) is 0 Å². The molecule has 3 atom stereocenters. The third-order valence-corrected chi connectivity index (χ3v) is 4.48. The van der Waals surface area contributed by atoms with Crippen LogP contribution in [-0.4, -0.2) is 36.5 Å². The smallest absolute Gasteiger partial charge is 0.226 e. The van der Waals surface area contributed by atoms with Gasteiger partial charge in [0.25, 0.3) is 0 Å². The summed E-state index contributed by atoms with van der Waals surface area (Å²) < 4.78 is 0. The summed E-state index contributed by atoms with van der Waals surface area (Å²) in [5.74, 6) is 1.04. The van der Waals surface area contributed by atoms with Gasteiger partial charge in [-0.15, -0.1) is 12.4 Å². The molecule has 1 aromatic carbocycles. The van der Waals surface area contributed by atoms with Gasteiger partial charge in [-0.05, 0) is 37.3 Å². The van der Waals surface area contributed by atoms with Crippen molar-refractivity contribution in [1.29, 1.82) is 0 Å². The van der Waals surface area contributed by atoms with Crippen LogP contribution in [0.25, 0.3) is 0 Å². The van der Waals surface area contributed by atoms with Gasteiger partial charge in [0.15, 0.2) is 0 Å². The normalized spacial score (nSPS) is 28.7. The molecule has 0 aromatic heterocycles. The van der Waals surface area contributed by atoms with E-state index in [4.69, 9.17) is 0 Å². The highest BCUT2D eigenvalue weighted by molar-refractivity contribution is 5.85. The average Bonchev–Trinajstić information content (AvgIpc) is 3.19. The van der Waals surface area contributed by atoms with Gasteiger partial charge in [0, 0.05) is 31.6 Å². The van der Waals surface area contributed by atoms with Gasteiger partial charge in [-0.1, -0.05) is 24.3 Å². The topological polar surface area (TPSA) is 32.3 Å². The van der Waals surface area contributed by atoms with Crippen molar-refractivity contribution in [3.8, 4) is 0 Å². The third kappa shape index (κ3) is 2.84. The highest BCUT2D eigenvalue weighted by atomic mass is 35.5. The third-order valence-electron chi connectivity index (χ3n) is 4.48. The van der Waals surface area contributed by atoms with Crippen LogP contribution in [0.2, 0.25) is 0 Å². The predicted molar refractivity (Wildman–Crippen MR) is 83.3 cm³/mol. The highest BCUT2D eigenvalue weighted by Gasteiger charge is 2.47. The highest BCUT2D eigenvalue weighted by Crippen LogP contribution is 2.49. The number of amides is 1. The lowest BCUT2D eigenvalue weighted by atomic mass is 10.0.